The lowest BCUT2D eigenvalue weighted by Crippen LogP contribution is -2.39. The molecule has 1 atom stereocenters. The average Bonchev–Trinajstić information content (AvgIpc) is 3.29. The predicted octanol–water partition coefficient (Wildman–Crippen LogP) is 3.13. The van der Waals surface area contributed by atoms with Gasteiger partial charge in [-0.3, -0.25) is 4.79 Å². The molecule has 2 aromatic heterocycles. The highest BCUT2D eigenvalue weighted by Crippen LogP contribution is 2.32. The van der Waals surface area contributed by atoms with Crippen molar-refractivity contribution < 1.29 is 38.0 Å². The van der Waals surface area contributed by atoms with Gasteiger partial charge in [-0.15, -0.1) is 5.10 Å². The Hall–Kier alpha value is -3.41. The van der Waals surface area contributed by atoms with Crippen LogP contribution in [0.15, 0.2) is 12.3 Å². The summed E-state index contributed by atoms with van der Waals surface area (Å²) in [6.45, 7) is 8.16. The number of fused-ring (bicyclic) bond motifs is 1. The van der Waals surface area contributed by atoms with Gasteiger partial charge in [0.1, 0.15) is 12.2 Å². The van der Waals surface area contributed by atoms with Crippen LogP contribution in [-0.2, 0) is 27.1 Å². The number of amides is 1. The van der Waals surface area contributed by atoms with Gasteiger partial charge in [0.25, 0.3) is 6.47 Å². The van der Waals surface area contributed by atoms with E-state index in [1.807, 2.05) is 13.0 Å². The van der Waals surface area contributed by atoms with Crippen LogP contribution in [0.3, 0.4) is 0 Å². The molecule has 37 heavy (non-hydrogen) atoms. The van der Waals surface area contributed by atoms with E-state index in [0.717, 1.165) is 22.5 Å². The van der Waals surface area contributed by atoms with Crippen LogP contribution in [0.1, 0.15) is 44.0 Å². The number of aromatic nitrogens is 3. The Labute approximate surface area is 215 Å². The summed E-state index contributed by atoms with van der Waals surface area (Å²) in [5.41, 5.74) is 1.24. The molecule has 1 saturated heterocycles. The Morgan fingerprint density at radius 1 is 1.30 bits per heavy atom. The molecule has 1 N–H and O–H groups in total. The van der Waals surface area contributed by atoms with E-state index in [9.17, 15) is 4.79 Å². The Morgan fingerprint density at radius 2 is 2.00 bits per heavy atom. The van der Waals surface area contributed by atoms with Crippen LogP contribution in [0.2, 0.25) is 0 Å². The lowest BCUT2D eigenvalue weighted by Gasteiger charge is -2.25. The molecule has 0 aliphatic carbocycles. The number of nitrogens with zero attached hydrogens (tertiary/aromatic N) is 4. The lowest BCUT2D eigenvalue weighted by molar-refractivity contribution is -0.122. The van der Waals surface area contributed by atoms with Gasteiger partial charge in [-0.1, -0.05) is 0 Å². The van der Waals surface area contributed by atoms with Crippen LogP contribution in [0.25, 0.3) is 5.69 Å². The number of rotatable bonds is 5. The fourth-order valence-corrected chi connectivity index (χ4v) is 4.26. The molecule has 204 valence electrons. The van der Waals surface area contributed by atoms with Gasteiger partial charge in [-0.2, -0.15) is 0 Å². The van der Waals surface area contributed by atoms with Gasteiger partial charge in [0.15, 0.2) is 5.67 Å². The first-order valence-electron chi connectivity index (χ1n) is 12.1. The molecular weight excluding hydrogens is 487 g/mol. The number of hydrogen-bond donors (Lipinski definition) is 1. The summed E-state index contributed by atoms with van der Waals surface area (Å²) in [5, 5.41) is 11.6. The Morgan fingerprint density at radius 3 is 2.65 bits per heavy atom. The number of aryl methyl sites for hydroxylation is 1. The predicted molar refractivity (Wildman–Crippen MR) is 131 cm³/mol. The zero-order valence-corrected chi connectivity index (χ0v) is 22.0. The highest BCUT2D eigenvalue weighted by Gasteiger charge is 2.43. The molecule has 0 saturated carbocycles. The van der Waals surface area contributed by atoms with E-state index in [-0.39, 0.29) is 32.6 Å². The maximum absolute atomic E-state index is 15.6. The summed E-state index contributed by atoms with van der Waals surface area (Å²) >= 11 is 0. The zero-order chi connectivity index (χ0) is 27.2. The Bertz CT molecular complexity index is 1100. The monoisotopic (exact) mass is 522 g/mol. The lowest BCUT2D eigenvalue weighted by atomic mass is 10.1. The molecule has 11 nitrogen and oxygen atoms in total. The largest absolute Gasteiger partial charge is 0.483 e. The van der Waals surface area contributed by atoms with Crippen LogP contribution >= 0.6 is 0 Å². The van der Waals surface area contributed by atoms with Crippen molar-refractivity contribution in [2.45, 2.75) is 58.2 Å². The quantitative estimate of drug-likeness (QED) is 0.590. The minimum Gasteiger partial charge on any atom is -0.483 e. The molecule has 4 heterocycles. The van der Waals surface area contributed by atoms with Crippen molar-refractivity contribution in [3.63, 3.8) is 0 Å². The summed E-state index contributed by atoms with van der Waals surface area (Å²) in [6, 6.07) is 1.95. The topological polar surface area (TPSA) is 125 Å². The van der Waals surface area contributed by atoms with Crippen LogP contribution in [0.4, 0.5) is 9.18 Å². The highest BCUT2D eigenvalue weighted by molar-refractivity contribution is 5.68. The summed E-state index contributed by atoms with van der Waals surface area (Å²) in [6.07, 6.45) is 2.64. The second kappa shape index (κ2) is 11.8. The van der Waals surface area contributed by atoms with Gasteiger partial charge in [0.05, 0.1) is 44.4 Å². The maximum Gasteiger partial charge on any atom is 0.410 e. The van der Waals surface area contributed by atoms with Crippen molar-refractivity contribution in [1.82, 2.24) is 19.7 Å². The van der Waals surface area contributed by atoms with Crippen molar-refractivity contribution in [3.8, 4) is 17.4 Å². The molecule has 1 amide bonds. The number of carbonyl (C=O) groups is 2. The van der Waals surface area contributed by atoms with Gasteiger partial charge >= 0.3 is 6.09 Å². The van der Waals surface area contributed by atoms with E-state index >= 15 is 4.39 Å². The third kappa shape index (κ3) is 7.09. The molecular formula is C25H35FN4O7. The van der Waals surface area contributed by atoms with Gasteiger partial charge in [0, 0.05) is 36.9 Å². The number of alkyl halides is 1. The average molecular weight is 523 g/mol. The normalized spacial score (nSPS) is 19.2. The smallest absolute Gasteiger partial charge is 0.410 e. The number of hydrogen-bond acceptors (Lipinski definition) is 8. The summed E-state index contributed by atoms with van der Waals surface area (Å²) < 4.78 is 39.6. The van der Waals surface area contributed by atoms with Crippen LogP contribution in [-0.4, -0.2) is 88.6 Å². The molecule has 0 radical (unpaired) electrons. The van der Waals surface area contributed by atoms with Crippen molar-refractivity contribution >= 4 is 12.6 Å². The van der Waals surface area contributed by atoms with Gasteiger partial charge in [0.2, 0.25) is 11.8 Å². The molecule has 2 aromatic rings. The van der Waals surface area contributed by atoms with E-state index in [1.165, 1.54) is 4.90 Å². The minimum atomic E-state index is -1.67. The van der Waals surface area contributed by atoms with E-state index < -0.39 is 17.4 Å². The van der Waals surface area contributed by atoms with Crippen LogP contribution in [0, 0.1) is 6.92 Å². The minimum absolute atomic E-state index is 0.0739. The van der Waals surface area contributed by atoms with E-state index in [0.29, 0.717) is 37.8 Å². The molecule has 0 bridgehead atoms. The Kier molecular flexibility index (Phi) is 8.95. The van der Waals surface area contributed by atoms with Gasteiger partial charge < -0.3 is 29.0 Å². The van der Waals surface area contributed by atoms with Crippen molar-refractivity contribution in [2.75, 3.05) is 40.0 Å². The number of carboxylic acid groups (broad SMARTS) is 1. The number of halogens is 1. The molecule has 1 fully saturated rings. The molecule has 2 aliphatic rings. The summed E-state index contributed by atoms with van der Waals surface area (Å²) in [7, 11) is 1.58. The fourth-order valence-electron chi connectivity index (χ4n) is 4.26. The number of methoxy groups -OCH3 is 1. The van der Waals surface area contributed by atoms with Gasteiger partial charge in [-0.25, -0.2) is 18.9 Å². The third-order valence-corrected chi connectivity index (χ3v) is 5.91. The SMILES string of the molecule is COc1ncc(-n2nc(OCC3(F)CCN(C(=O)OC(C)(C)C)C3)c3c2CCOCC3)cc1C.O=CO. The number of carbonyl (C=O) groups excluding carboxylic acids is 1. The first kappa shape index (κ1) is 28.2. The Balaban J connectivity index is 0.00000121. The molecule has 2 aliphatic heterocycles. The molecule has 1 unspecified atom stereocenters. The zero-order valence-electron chi connectivity index (χ0n) is 22.0. The second-order valence-electron chi connectivity index (χ2n) is 9.97. The van der Waals surface area contributed by atoms with Gasteiger partial charge in [-0.05, 0) is 33.8 Å². The third-order valence-electron chi connectivity index (χ3n) is 5.91. The van der Waals surface area contributed by atoms with Crippen LogP contribution in [0.5, 0.6) is 11.8 Å². The molecule has 12 heteroatoms. The number of pyridine rings is 1. The molecule has 0 spiro atoms. The highest BCUT2D eigenvalue weighted by atomic mass is 19.1. The number of ether oxygens (including phenoxy) is 4. The van der Waals surface area contributed by atoms with Crippen molar-refractivity contribution in [1.29, 1.82) is 0 Å². The molecule has 4 rings (SSSR count). The van der Waals surface area contributed by atoms with E-state index in [1.54, 1.807) is 38.8 Å². The van der Waals surface area contributed by atoms with E-state index in [2.05, 4.69) is 10.1 Å². The fraction of sp³-hybridized carbons (Fsp3) is 0.600. The molecule has 0 aromatic carbocycles. The van der Waals surface area contributed by atoms with Crippen LogP contribution < -0.4 is 9.47 Å². The summed E-state index contributed by atoms with van der Waals surface area (Å²) in [5.74, 6) is 0.943. The first-order valence-corrected chi connectivity index (χ1v) is 12.1. The van der Waals surface area contributed by atoms with Crippen molar-refractivity contribution in [3.05, 3.63) is 29.1 Å². The van der Waals surface area contributed by atoms with E-state index in [4.69, 9.17) is 28.8 Å². The maximum atomic E-state index is 15.6. The first-order chi connectivity index (χ1) is 17.5. The summed E-state index contributed by atoms with van der Waals surface area (Å²) in [4.78, 5) is 26.5. The number of likely N-dealkylation sites (tertiary alicyclic amines) is 1. The van der Waals surface area contributed by atoms with Crippen molar-refractivity contribution in [2.24, 2.45) is 0 Å². The second-order valence-corrected chi connectivity index (χ2v) is 9.97. The standard InChI is InChI=1S/C24H33FN4O5.CH2O2/c1-16-12-17(13-26-20(16)31-5)29-19-7-11-32-10-6-18(19)21(27-29)33-15-24(25)8-9-28(14-24)22(30)34-23(2,3)4;2-1-3/h12-13H,6-11,14-15H2,1-5H3;1H,(H,2,3).